The van der Waals surface area contributed by atoms with E-state index in [1.807, 2.05) is 23.7 Å². The molecule has 6 heteroatoms. The van der Waals surface area contributed by atoms with E-state index in [4.69, 9.17) is 0 Å². The largest absolute Gasteiger partial charge is 0.311 e. The molecule has 0 radical (unpaired) electrons. The lowest BCUT2D eigenvalue weighted by Crippen LogP contribution is -2.60. The van der Waals surface area contributed by atoms with Crippen LogP contribution in [0.15, 0.2) is 176 Å². The summed E-state index contributed by atoms with van der Waals surface area (Å²) in [6.07, 6.45) is 3.95. The molecule has 0 N–H and O–H groups in total. The van der Waals surface area contributed by atoms with Gasteiger partial charge in [0.05, 0.1) is 16.1 Å². The number of fused-ring (bicyclic) bond motifs is 6. The minimum absolute atomic E-state index is 0.0597. The van der Waals surface area contributed by atoms with Crippen molar-refractivity contribution in [2.75, 3.05) is 14.7 Å². The van der Waals surface area contributed by atoms with Crippen LogP contribution in [-0.2, 0) is 0 Å². The van der Waals surface area contributed by atoms with Gasteiger partial charge in [-0.05, 0) is 83.7 Å². The Bertz CT molecular complexity index is 2430. The molecule has 0 aliphatic carbocycles. The van der Waals surface area contributed by atoms with Gasteiger partial charge in [-0.1, -0.05) is 91.0 Å². The fourth-order valence-corrected chi connectivity index (χ4v) is 8.99. The van der Waals surface area contributed by atoms with Crippen LogP contribution in [0.3, 0.4) is 0 Å². The van der Waals surface area contributed by atoms with E-state index in [9.17, 15) is 0 Å². The van der Waals surface area contributed by atoms with Gasteiger partial charge in [-0.2, -0.15) is 0 Å². The van der Waals surface area contributed by atoms with E-state index >= 15 is 0 Å². The molecule has 4 heterocycles. The maximum Gasteiger partial charge on any atom is 0.264 e. The van der Waals surface area contributed by atoms with Gasteiger partial charge in [0.1, 0.15) is 0 Å². The Hall–Kier alpha value is -6.11. The number of para-hydroxylation sites is 5. The molecule has 0 spiro atoms. The Balaban J connectivity index is 1.36. The third kappa shape index (κ3) is 4.34. The highest BCUT2D eigenvalue weighted by atomic mass is 32.1. The van der Waals surface area contributed by atoms with Crippen molar-refractivity contribution in [1.82, 2.24) is 4.98 Å². The summed E-state index contributed by atoms with van der Waals surface area (Å²) >= 11 is 1.87. The van der Waals surface area contributed by atoms with Crippen LogP contribution in [0, 0.1) is 0 Å². The maximum absolute atomic E-state index is 4.56. The highest BCUT2D eigenvalue weighted by molar-refractivity contribution is 7.33. The number of aromatic nitrogens is 1. The zero-order valence-corrected chi connectivity index (χ0v) is 27.3. The summed E-state index contributed by atoms with van der Waals surface area (Å²) in [5.74, 6) is 0. The van der Waals surface area contributed by atoms with Crippen molar-refractivity contribution in [3.05, 3.63) is 176 Å². The topological polar surface area (TPSA) is 22.6 Å². The van der Waals surface area contributed by atoms with Gasteiger partial charge in [-0.25, -0.2) is 0 Å². The SMILES string of the molecule is c1ccc(N(c2ccccc2)c2cc3c4c(c2)N(c2ccccc2)c2c(sc5cnccc25)B4c2ccccc2N3c2ccccc2)cc1. The van der Waals surface area contributed by atoms with E-state index < -0.39 is 0 Å². The molecule has 0 atom stereocenters. The number of thiophene rings is 1. The summed E-state index contributed by atoms with van der Waals surface area (Å²) in [5, 5.41) is 1.22. The van der Waals surface area contributed by atoms with Crippen LogP contribution in [0.2, 0.25) is 0 Å². The standard InChI is InChI=1S/C43H29BN4S/c1-5-15-30(16-6-1)46(31-17-7-2-8-18-31)34-27-38-41-39(28-34)48(33-21-11-4-12-22-33)42-35-25-26-45-29-40(35)49-43(42)44(41)36-23-13-14-24-37(36)47(38)32-19-9-3-10-20-32/h1-29H. The molecule has 0 amide bonds. The molecule has 10 rings (SSSR count). The number of benzene rings is 6. The number of hydrogen-bond acceptors (Lipinski definition) is 5. The lowest BCUT2D eigenvalue weighted by Gasteiger charge is -2.44. The van der Waals surface area contributed by atoms with Gasteiger partial charge in [0.2, 0.25) is 0 Å². The van der Waals surface area contributed by atoms with Crippen LogP contribution < -0.4 is 30.4 Å². The van der Waals surface area contributed by atoms with Crippen molar-refractivity contribution in [1.29, 1.82) is 0 Å². The summed E-state index contributed by atoms with van der Waals surface area (Å²) in [5.41, 5.74) is 13.0. The molecule has 0 saturated carbocycles. The first-order chi connectivity index (χ1) is 24.3. The highest BCUT2D eigenvalue weighted by Gasteiger charge is 2.45. The zero-order chi connectivity index (χ0) is 32.3. The summed E-state index contributed by atoms with van der Waals surface area (Å²) in [6.45, 7) is 0.0597. The third-order valence-corrected chi connectivity index (χ3v) is 10.9. The molecule has 2 aromatic heterocycles. The average molecular weight is 645 g/mol. The molecule has 4 nitrogen and oxygen atoms in total. The average Bonchev–Trinajstić information content (AvgIpc) is 3.55. The minimum Gasteiger partial charge on any atom is -0.311 e. The predicted octanol–water partition coefficient (Wildman–Crippen LogP) is 9.85. The Kier molecular flexibility index (Phi) is 6.42. The first-order valence-corrected chi connectivity index (χ1v) is 17.4. The second-order valence-electron chi connectivity index (χ2n) is 12.4. The zero-order valence-electron chi connectivity index (χ0n) is 26.5. The Labute approximate surface area is 289 Å². The van der Waals surface area contributed by atoms with Crippen molar-refractivity contribution in [2.24, 2.45) is 0 Å². The molecular formula is C43H29BN4S. The molecular weight excluding hydrogens is 615 g/mol. The fourth-order valence-electron chi connectivity index (χ4n) is 7.70. The van der Waals surface area contributed by atoms with Gasteiger partial charge in [0, 0.05) is 62.4 Å². The number of hydrogen-bond donors (Lipinski definition) is 0. The number of pyridine rings is 1. The van der Waals surface area contributed by atoms with Gasteiger partial charge in [-0.15, -0.1) is 11.3 Å². The minimum atomic E-state index is 0.0597. The number of anilines is 9. The van der Waals surface area contributed by atoms with E-state index in [0.717, 1.165) is 28.4 Å². The van der Waals surface area contributed by atoms with Crippen molar-refractivity contribution < 1.29 is 0 Å². The van der Waals surface area contributed by atoms with Gasteiger partial charge >= 0.3 is 0 Å². The molecule has 0 bridgehead atoms. The van der Waals surface area contributed by atoms with Gasteiger partial charge in [0.25, 0.3) is 6.71 Å². The third-order valence-electron chi connectivity index (χ3n) is 9.67. The molecule has 6 aromatic carbocycles. The van der Waals surface area contributed by atoms with Crippen molar-refractivity contribution >= 4 is 95.0 Å². The quantitative estimate of drug-likeness (QED) is 0.174. The summed E-state index contributed by atoms with van der Waals surface area (Å²) < 4.78 is 2.54. The normalized spacial score (nSPS) is 12.8. The molecule has 0 fully saturated rings. The summed E-state index contributed by atoms with van der Waals surface area (Å²) in [7, 11) is 0. The summed E-state index contributed by atoms with van der Waals surface area (Å²) in [4.78, 5) is 11.9. The van der Waals surface area contributed by atoms with Crippen molar-refractivity contribution in [2.45, 2.75) is 0 Å². The second kappa shape index (κ2) is 11.3. The van der Waals surface area contributed by atoms with Gasteiger partial charge in [0.15, 0.2) is 0 Å². The van der Waals surface area contributed by atoms with Crippen LogP contribution >= 0.6 is 11.3 Å². The molecule has 0 saturated heterocycles. The second-order valence-corrected chi connectivity index (χ2v) is 13.5. The molecule has 8 aromatic rings. The lowest BCUT2D eigenvalue weighted by molar-refractivity contribution is 1.23. The Morgan fingerprint density at radius 1 is 0.531 bits per heavy atom. The summed E-state index contributed by atoms with van der Waals surface area (Å²) in [6, 6.07) is 59.0. The van der Waals surface area contributed by atoms with Crippen LogP contribution in [-0.4, -0.2) is 11.7 Å². The lowest BCUT2D eigenvalue weighted by atomic mass is 9.36. The molecule has 230 valence electrons. The first kappa shape index (κ1) is 28.0. The van der Waals surface area contributed by atoms with E-state index in [1.54, 1.807) is 0 Å². The van der Waals surface area contributed by atoms with E-state index in [0.29, 0.717) is 0 Å². The van der Waals surface area contributed by atoms with E-state index in [1.165, 1.54) is 48.5 Å². The maximum atomic E-state index is 4.56. The highest BCUT2D eigenvalue weighted by Crippen LogP contribution is 2.50. The van der Waals surface area contributed by atoms with E-state index in [-0.39, 0.29) is 6.71 Å². The monoisotopic (exact) mass is 644 g/mol. The van der Waals surface area contributed by atoms with Crippen LogP contribution in [0.4, 0.5) is 51.2 Å². The van der Waals surface area contributed by atoms with Gasteiger partial charge in [-0.3, -0.25) is 4.98 Å². The smallest absolute Gasteiger partial charge is 0.264 e. The Morgan fingerprint density at radius 3 is 1.73 bits per heavy atom. The van der Waals surface area contributed by atoms with Crippen molar-refractivity contribution in [3.8, 4) is 0 Å². The molecule has 49 heavy (non-hydrogen) atoms. The van der Waals surface area contributed by atoms with Crippen LogP contribution in [0.1, 0.15) is 0 Å². The molecule has 2 aliphatic heterocycles. The first-order valence-electron chi connectivity index (χ1n) is 16.6. The number of rotatable bonds is 5. The van der Waals surface area contributed by atoms with Crippen molar-refractivity contribution in [3.63, 3.8) is 0 Å². The molecule has 2 aliphatic rings. The predicted molar refractivity (Wildman–Crippen MR) is 208 cm³/mol. The van der Waals surface area contributed by atoms with Gasteiger partial charge < -0.3 is 14.7 Å². The number of nitrogens with zero attached hydrogens (tertiary/aromatic N) is 4. The van der Waals surface area contributed by atoms with Crippen LogP contribution in [0.5, 0.6) is 0 Å². The van der Waals surface area contributed by atoms with Crippen LogP contribution in [0.25, 0.3) is 10.1 Å². The van der Waals surface area contributed by atoms with E-state index in [2.05, 4.69) is 183 Å². The fraction of sp³-hybridized carbons (Fsp3) is 0. The molecule has 0 unspecified atom stereocenters. The Morgan fingerprint density at radius 2 is 1.08 bits per heavy atom.